The lowest BCUT2D eigenvalue weighted by atomic mass is 10.1. The van der Waals surface area contributed by atoms with E-state index in [0.29, 0.717) is 36.2 Å². The molecule has 0 unspecified atom stereocenters. The summed E-state index contributed by atoms with van der Waals surface area (Å²) in [6.45, 7) is 3.39. The van der Waals surface area contributed by atoms with Gasteiger partial charge in [-0.2, -0.15) is 4.31 Å². The summed E-state index contributed by atoms with van der Waals surface area (Å²) in [4.78, 5) is 12.8. The third kappa shape index (κ3) is 3.93. The molecule has 2 heterocycles. The molecule has 4 rings (SSSR count). The maximum Gasteiger partial charge on any atom is 0.287 e. The maximum absolute atomic E-state index is 12.8. The molecule has 2 aromatic carbocycles. The second-order valence-corrected chi connectivity index (χ2v) is 9.25. The van der Waals surface area contributed by atoms with E-state index in [0.717, 1.165) is 24.8 Å². The molecule has 0 spiro atoms. The summed E-state index contributed by atoms with van der Waals surface area (Å²) in [6.07, 6.45) is 2.50. The summed E-state index contributed by atoms with van der Waals surface area (Å²) >= 11 is 0. The lowest BCUT2D eigenvalue weighted by Crippen LogP contribution is -2.27. The van der Waals surface area contributed by atoms with Crippen LogP contribution in [0.25, 0.3) is 11.0 Å². The van der Waals surface area contributed by atoms with E-state index < -0.39 is 10.0 Å². The molecule has 1 fully saturated rings. The fraction of sp³-hybridized carbons (Fsp3) is 0.318. The highest BCUT2D eigenvalue weighted by Gasteiger charge is 2.28. The van der Waals surface area contributed by atoms with Crippen LogP contribution >= 0.6 is 0 Å². The number of rotatable bonds is 6. The van der Waals surface area contributed by atoms with E-state index in [4.69, 9.17) is 4.42 Å². The smallest absolute Gasteiger partial charge is 0.287 e. The van der Waals surface area contributed by atoms with Gasteiger partial charge in [-0.1, -0.05) is 30.3 Å². The number of carbonyl (C=O) groups is 1. The van der Waals surface area contributed by atoms with Gasteiger partial charge in [-0.05, 0) is 49.9 Å². The van der Waals surface area contributed by atoms with Crippen molar-refractivity contribution < 1.29 is 17.6 Å². The summed E-state index contributed by atoms with van der Waals surface area (Å²) in [5, 5.41) is 3.53. The number of hydrogen-bond donors (Lipinski definition) is 1. The van der Waals surface area contributed by atoms with Gasteiger partial charge in [0.05, 0.1) is 4.90 Å². The molecular formula is C22H24N2O4S. The van der Waals surface area contributed by atoms with Gasteiger partial charge in [-0.25, -0.2) is 8.42 Å². The number of furan rings is 1. The van der Waals surface area contributed by atoms with Crippen LogP contribution in [-0.4, -0.2) is 38.3 Å². The SMILES string of the molecule is Cc1c(C(=O)NCCc2ccccc2)oc2ccc(S(=O)(=O)N3CCCC3)cc12. The topological polar surface area (TPSA) is 79.6 Å². The van der Waals surface area contributed by atoms with Crippen molar-refractivity contribution in [1.82, 2.24) is 9.62 Å². The summed E-state index contributed by atoms with van der Waals surface area (Å²) in [5.41, 5.74) is 2.30. The van der Waals surface area contributed by atoms with Gasteiger partial charge in [0.25, 0.3) is 5.91 Å². The molecule has 0 radical (unpaired) electrons. The molecule has 1 amide bonds. The minimum atomic E-state index is -3.51. The molecule has 0 aliphatic carbocycles. The highest BCUT2D eigenvalue weighted by molar-refractivity contribution is 7.89. The fourth-order valence-corrected chi connectivity index (χ4v) is 5.24. The molecule has 0 bridgehead atoms. The molecule has 1 saturated heterocycles. The first-order valence-corrected chi connectivity index (χ1v) is 11.3. The van der Waals surface area contributed by atoms with Gasteiger partial charge in [0, 0.05) is 30.6 Å². The molecular weight excluding hydrogens is 388 g/mol. The van der Waals surface area contributed by atoms with Crippen molar-refractivity contribution in [1.29, 1.82) is 0 Å². The van der Waals surface area contributed by atoms with Crippen molar-refractivity contribution in [3.8, 4) is 0 Å². The minimum absolute atomic E-state index is 0.226. The molecule has 7 heteroatoms. The zero-order chi connectivity index (χ0) is 20.4. The largest absolute Gasteiger partial charge is 0.451 e. The summed E-state index contributed by atoms with van der Waals surface area (Å²) in [7, 11) is -3.51. The van der Waals surface area contributed by atoms with Crippen molar-refractivity contribution in [2.75, 3.05) is 19.6 Å². The Labute approximate surface area is 170 Å². The number of aryl methyl sites for hydroxylation is 1. The molecule has 0 atom stereocenters. The first-order chi connectivity index (χ1) is 14.0. The first-order valence-electron chi connectivity index (χ1n) is 9.82. The predicted octanol–water partition coefficient (Wildman–Crippen LogP) is 3.50. The summed E-state index contributed by atoms with van der Waals surface area (Å²) < 4.78 is 32.9. The van der Waals surface area contributed by atoms with E-state index >= 15 is 0 Å². The lowest BCUT2D eigenvalue weighted by Gasteiger charge is -2.15. The van der Waals surface area contributed by atoms with Gasteiger partial charge in [-0.15, -0.1) is 0 Å². The van der Waals surface area contributed by atoms with E-state index in [-0.39, 0.29) is 16.6 Å². The molecule has 0 saturated carbocycles. The number of sulfonamides is 1. The van der Waals surface area contributed by atoms with Crippen molar-refractivity contribution in [3.05, 3.63) is 65.4 Å². The third-order valence-electron chi connectivity index (χ3n) is 5.36. The highest BCUT2D eigenvalue weighted by Crippen LogP contribution is 2.29. The van der Waals surface area contributed by atoms with Gasteiger partial charge >= 0.3 is 0 Å². The highest BCUT2D eigenvalue weighted by atomic mass is 32.2. The Bertz CT molecular complexity index is 1130. The average Bonchev–Trinajstić information content (AvgIpc) is 3.38. The van der Waals surface area contributed by atoms with Gasteiger partial charge < -0.3 is 9.73 Å². The molecule has 6 nitrogen and oxygen atoms in total. The zero-order valence-corrected chi connectivity index (χ0v) is 17.2. The van der Waals surface area contributed by atoms with Gasteiger partial charge in [0.15, 0.2) is 5.76 Å². The van der Waals surface area contributed by atoms with Crippen molar-refractivity contribution >= 4 is 26.9 Å². The molecule has 1 aliphatic rings. The first kappa shape index (κ1) is 19.7. The van der Waals surface area contributed by atoms with E-state index in [1.54, 1.807) is 25.1 Å². The summed E-state index contributed by atoms with van der Waals surface area (Å²) in [5.74, 6) is -0.0673. The van der Waals surface area contributed by atoms with Crippen LogP contribution in [0, 0.1) is 6.92 Å². The minimum Gasteiger partial charge on any atom is -0.451 e. The van der Waals surface area contributed by atoms with Crippen molar-refractivity contribution in [3.63, 3.8) is 0 Å². The molecule has 1 aromatic heterocycles. The number of nitrogens with zero attached hydrogens (tertiary/aromatic N) is 1. The Morgan fingerprint density at radius 1 is 1.10 bits per heavy atom. The maximum atomic E-state index is 12.8. The lowest BCUT2D eigenvalue weighted by molar-refractivity contribution is 0.0927. The Kier molecular flexibility index (Phi) is 5.43. The Morgan fingerprint density at radius 2 is 1.83 bits per heavy atom. The molecule has 29 heavy (non-hydrogen) atoms. The number of nitrogens with one attached hydrogen (secondary N) is 1. The molecule has 1 N–H and O–H groups in total. The second-order valence-electron chi connectivity index (χ2n) is 7.32. The molecule has 3 aromatic rings. The zero-order valence-electron chi connectivity index (χ0n) is 16.3. The van der Waals surface area contributed by atoms with Crippen LogP contribution in [0.15, 0.2) is 57.8 Å². The number of amides is 1. The van der Waals surface area contributed by atoms with Crippen LogP contribution in [0.4, 0.5) is 0 Å². The Balaban J connectivity index is 1.53. The van der Waals surface area contributed by atoms with Crippen LogP contribution in [-0.2, 0) is 16.4 Å². The normalized spacial score (nSPS) is 15.1. The third-order valence-corrected chi connectivity index (χ3v) is 7.25. The molecule has 1 aliphatic heterocycles. The fourth-order valence-electron chi connectivity index (χ4n) is 3.70. The quantitative estimate of drug-likeness (QED) is 0.672. The number of hydrogen-bond acceptors (Lipinski definition) is 4. The number of fused-ring (bicyclic) bond motifs is 1. The van der Waals surface area contributed by atoms with Crippen molar-refractivity contribution in [2.45, 2.75) is 31.1 Å². The standard InChI is InChI=1S/C22H24N2O4S/c1-16-19-15-18(29(26,27)24-13-5-6-14-24)9-10-20(19)28-21(16)22(25)23-12-11-17-7-3-2-4-8-17/h2-4,7-10,15H,5-6,11-14H2,1H3,(H,23,25). The van der Waals surface area contributed by atoms with Crippen LogP contribution < -0.4 is 5.32 Å². The molecule has 152 valence electrons. The van der Waals surface area contributed by atoms with Gasteiger partial charge in [-0.3, -0.25) is 4.79 Å². The van der Waals surface area contributed by atoms with E-state index in [9.17, 15) is 13.2 Å². The average molecular weight is 413 g/mol. The van der Waals surface area contributed by atoms with Gasteiger partial charge in [0.2, 0.25) is 10.0 Å². The second kappa shape index (κ2) is 8.00. The van der Waals surface area contributed by atoms with Crippen LogP contribution in [0.5, 0.6) is 0 Å². The van der Waals surface area contributed by atoms with Crippen LogP contribution in [0.3, 0.4) is 0 Å². The number of carbonyl (C=O) groups excluding carboxylic acids is 1. The van der Waals surface area contributed by atoms with Crippen LogP contribution in [0.2, 0.25) is 0 Å². The van der Waals surface area contributed by atoms with E-state index in [1.165, 1.54) is 4.31 Å². The van der Waals surface area contributed by atoms with Gasteiger partial charge in [0.1, 0.15) is 5.58 Å². The predicted molar refractivity (Wildman–Crippen MR) is 111 cm³/mol. The summed E-state index contributed by atoms with van der Waals surface area (Å²) in [6, 6.07) is 14.7. The van der Waals surface area contributed by atoms with Crippen molar-refractivity contribution in [2.24, 2.45) is 0 Å². The monoisotopic (exact) mass is 412 g/mol. The van der Waals surface area contributed by atoms with E-state index in [2.05, 4.69) is 5.32 Å². The van der Waals surface area contributed by atoms with Crippen LogP contribution in [0.1, 0.15) is 34.5 Å². The number of benzene rings is 2. The van der Waals surface area contributed by atoms with E-state index in [1.807, 2.05) is 30.3 Å². The Morgan fingerprint density at radius 3 is 2.55 bits per heavy atom. The Hall–Kier alpha value is -2.64.